The minimum atomic E-state index is -0.531. The Hall–Kier alpha value is -1.58. The normalized spacial score (nSPS) is 10.4. The summed E-state index contributed by atoms with van der Waals surface area (Å²) in [5, 5.41) is 28.3. The number of phenols is 3. The average Bonchev–Trinajstić information content (AvgIpc) is 2.20. The maximum absolute atomic E-state index is 9.55. The van der Waals surface area contributed by atoms with Gasteiger partial charge in [-0.25, -0.2) is 0 Å². The molecule has 4 nitrogen and oxygen atoms in total. The lowest BCUT2D eigenvalue weighted by Gasteiger charge is -2.14. The second-order valence-electron chi connectivity index (χ2n) is 3.12. The lowest BCUT2D eigenvalue weighted by molar-refractivity contribution is 0.365. The van der Waals surface area contributed by atoms with Crippen LogP contribution in [0.2, 0.25) is 0 Å². The van der Waals surface area contributed by atoms with Crippen LogP contribution >= 0.6 is 0 Å². The molecule has 0 saturated heterocycles. The molecule has 0 unspecified atom stereocenters. The predicted molar refractivity (Wildman–Crippen MR) is 54.6 cm³/mol. The van der Waals surface area contributed by atoms with Crippen LogP contribution in [0.5, 0.6) is 17.2 Å². The van der Waals surface area contributed by atoms with Crippen LogP contribution in [0.25, 0.3) is 0 Å². The highest BCUT2D eigenvalue weighted by Crippen LogP contribution is 2.45. The summed E-state index contributed by atoms with van der Waals surface area (Å²) in [5.74, 6) is -1.23. The van der Waals surface area contributed by atoms with E-state index in [9.17, 15) is 15.3 Å². The number of rotatable bonds is 2. The molecule has 0 heterocycles. The zero-order chi connectivity index (χ0) is 10.9. The smallest absolute Gasteiger partial charge is 0.202 e. The zero-order valence-electron chi connectivity index (χ0n) is 8.33. The largest absolute Gasteiger partial charge is 0.504 e. The van der Waals surface area contributed by atoms with E-state index in [1.807, 2.05) is 13.8 Å². The quantitative estimate of drug-likeness (QED) is 0.329. The van der Waals surface area contributed by atoms with Crippen LogP contribution in [-0.4, -0.2) is 15.3 Å². The summed E-state index contributed by atoms with van der Waals surface area (Å²) in [5.41, 5.74) is 7.06. The summed E-state index contributed by atoms with van der Waals surface area (Å²) in [7, 11) is 0. The van der Waals surface area contributed by atoms with Gasteiger partial charge in [0, 0.05) is 5.56 Å². The molecule has 0 amide bonds. The first kappa shape index (κ1) is 10.5. The van der Waals surface area contributed by atoms with Crippen molar-refractivity contribution in [3.8, 4) is 17.2 Å². The fourth-order valence-corrected chi connectivity index (χ4v) is 1.62. The summed E-state index contributed by atoms with van der Waals surface area (Å²) in [4.78, 5) is 0. The van der Waals surface area contributed by atoms with E-state index in [1.54, 1.807) is 0 Å². The molecule has 0 atom stereocenters. The van der Waals surface area contributed by atoms with Crippen LogP contribution < -0.4 is 5.73 Å². The van der Waals surface area contributed by atoms with Gasteiger partial charge in [-0.05, 0) is 18.4 Å². The van der Waals surface area contributed by atoms with E-state index in [1.165, 1.54) is 0 Å². The molecule has 14 heavy (non-hydrogen) atoms. The summed E-state index contributed by atoms with van der Waals surface area (Å²) in [6.45, 7) is 3.73. The highest BCUT2D eigenvalue weighted by Gasteiger charge is 2.19. The number of hydrogen-bond donors (Lipinski definition) is 4. The van der Waals surface area contributed by atoms with Crippen LogP contribution in [0.15, 0.2) is 0 Å². The number of aromatic hydroxyl groups is 3. The van der Waals surface area contributed by atoms with Crippen LogP contribution in [0.3, 0.4) is 0 Å². The Kier molecular flexibility index (Phi) is 2.74. The molecule has 4 heteroatoms. The monoisotopic (exact) mass is 197 g/mol. The third-order valence-corrected chi connectivity index (χ3v) is 2.39. The van der Waals surface area contributed by atoms with Crippen LogP contribution in [0.1, 0.15) is 25.0 Å². The van der Waals surface area contributed by atoms with Gasteiger partial charge in [0.1, 0.15) is 0 Å². The molecule has 0 aliphatic carbocycles. The van der Waals surface area contributed by atoms with E-state index in [2.05, 4.69) is 0 Å². The lowest BCUT2D eigenvalue weighted by Crippen LogP contribution is -1.99. The van der Waals surface area contributed by atoms with Gasteiger partial charge in [0.05, 0.1) is 5.69 Å². The Labute approximate surface area is 82.6 Å². The van der Waals surface area contributed by atoms with Crippen LogP contribution in [-0.2, 0) is 12.8 Å². The summed E-state index contributed by atoms with van der Waals surface area (Å²) < 4.78 is 0. The van der Waals surface area contributed by atoms with Gasteiger partial charge in [-0.1, -0.05) is 13.8 Å². The molecule has 1 aromatic carbocycles. The summed E-state index contributed by atoms with van der Waals surface area (Å²) >= 11 is 0. The first-order valence-corrected chi connectivity index (χ1v) is 4.58. The number of nitrogens with two attached hydrogens (primary N) is 1. The van der Waals surface area contributed by atoms with E-state index in [0.717, 1.165) is 0 Å². The predicted octanol–water partition coefficient (Wildman–Crippen LogP) is 1.51. The Morgan fingerprint density at radius 2 is 1.36 bits per heavy atom. The first-order valence-electron chi connectivity index (χ1n) is 4.58. The Bertz CT molecular complexity index is 326. The van der Waals surface area contributed by atoms with E-state index in [-0.39, 0.29) is 11.4 Å². The Morgan fingerprint density at radius 3 is 1.79 bits per heavy atom. The van der Waals surface area contributed by atoms with Gasteiger partial charge in [0.15, 0.2) is 11.5 Å². The van der Waals surface area contributed by atoms with Crippen molar-refractivity contribution in [3.05, 3.63) is 11.1 Å². The standard InChI is InChI=1S/C10H15NO3/c1-3-5-6(4-2)8(12)10(14)9(13)7(5)11/h12-14H,3-4,11H2,1-2H3. The molecule has 0 saturated carbocycles. The number of hydrogen-bond acceptors (Lipinski definition) is 4. The first-order chi connectivity index (χ1) is 6.54. The minimum Gasteiger partial charge on any atom is -0.504 e. The van der Waals surface area contributed by atoms with Crippen molar-refractivity contribution in [1.82, 2.24) is 0 Å². The molecule has 1 rings (SSSR count). The van der Waals surface area contributed by atoms with Crippen molar-refractivity contribution in [2.45, 2.75) is 26.7 Å². The van der Waals surface area contributed by atoms with Crippen LogP contribution in [0.4, 0.5) is 5.69 Å². The van der Waals surface area contributed by atoms with Gasteiger partial charge in [-0.2, -0.15) is 0 Å². The van der Waals surface area contributed by atoms with Crippen molar-refractivity contribution < 1.29 is 15.3 Å². The van der Waals surface area contributed by atoms with Crippen LogP contribution in [0, 0.1) is 0 Å². The van der Waals surface area contributed by atoms with E-state index >= 15 is 0 Å². The van der Waals surface area contributed by atoms with E-state index in [0.29, 0.717) is 24.0 Å². The lowest BCUT2D eigenvalue weighted by atomic mass is 9.98. The molecule has 0 fully saturated rings. The highest BCUT2D eigenvalue weighted by molar-refractivity contribution is 5.71. The molecular weight excluding hydrogens is 182 g/mol. The fraction of sp³-hybridized carbons (Fsp3) is 0.400. The average molecular weight is 197 g/mol. The third-order valence-electron chi connectivity index (χ3n) is 2.39. The SMILES string of the molecule is CCc1c(N)c(O)c(O)c(O)c1CC. The summed E-state index contributed by atoms with van der Waals surface area (Å²) in [6.07, 6.45) is 1.17. The molecule has 0 radical (unpaired) electrons. The molecule has 0 aromatic heterocycles. The van der Waals surface area contributed by atoms with E-state index in [4.69, 9.17) is 5.73 Å². The maximum atomic E-state index is 9.55. The molecule has 0 aliphatic heterocycles. The maximum Gasteiger partial charge on any atom is 0.202 e. The van der Waals surface area contributed by atoms with Gasteiger partial charge >= 0.3 is 0 Å². The third kappa shape index (κ3) is 1.32. The van der Waals surface area contributed by atoms with Crippen molar-refractivity contribution in [2.75, 3.05) is 5.73 Å². The minimum absolute atomic E-state index is 0.152. The molecule has 1 aromatic rings. The van der Waals surface area contributed by atoms with Gasteiger partial charge in [-0.3, -0.25) is 0 Å². The van der Waals surface area contributed by atoms with Gasteiger partial charge in [0.2, 0.25) is 5.75 Å². The second kappa shape index (κ2) is 3.65. The number of nitrogen functional groups attached to an aromatic ring is 1. The molecular formula is C10H15NO3. The second-order valence-corrected chi connectivity index (χ2v) is 3.12. The topological polar surface area (TPSA) is 86.7 Å². The van der Waals surface area contributed by atoms with Gasteiger partial charge < -0.3 is 21.1 Å². The number of anilines is 1. The molecule has 0 bridgehead atoms. The summed E-state index contributed by atoms with van der Waals surface area (Å²) in [6, 6.07) is 0. The van der Waals surface area contributed by atoms with E-state index < -0.39 is 11.5 Å². The molecule has 0 aliphatic rings. The van der Waals surface area contributed by atoms with Crippen molar-refractivity contribution in [2.24, 2.45) is 0 Å². The Balaban J connectivity index is 3.57. The zero-order valence-corrected chi connectivity index (χ0v) is 8.33. The fourth-order valence-electron chi connectivity index (χ4n) is 1.62. The number of benzene rings is 1. The molecule has 0 spiro atoms. The number of phenolic OH excluding ortho intramolecular Hbond substituents is 3. The van der Waals surface area contributed by atoms with Gasteiger partial charge in [0.25, 0.3) is 0 Å². The molecule has 5 N–H and O–H groups in total. The highest BCUT2D eigenvalue weighted by atomic mass is 16.3. The molecule has 78 valence electrons. The van der Waals surface area contributed by atoms with Gasteiger partial charge in [-0.15, -0.1) is 0 Å². The van der Waals surface area contributed by atoms with Crippen molar-refractivity contribution in [3.63, 3.8) is 0 Å². The van der Waals surface area contributed by atoms with Crippen molar-refractivity contribution >= 4 is 5.69 Å². The van der Waals surface area contributed by atoms with Crippen molar-refractivity contribution in [1.29, 1.82) is 0 Å². The Morgan fingerprint density at radius 1 is 0.857 bits per heavy atom.